The average Bonchev–Trinajstić information content (AvgIpc) is 2.32. The molecule has 0 radical (unpaired) electrons. The quantitative estimate of drug-likeness (QED) is 0.762. The van der Waals surface area contributed by atoms with Crippen LogP contribution in [0, 0.1) is 11.3 Å². The van der Waals surface area contributed by atoms with E-state index in [1.807, 2.05) is 6.92 Å². The highest BCUT2D eigenvalue weighted by molar-refractivity contribution is 5.67. The second-order valence-electron chi connectivity index (χ2n) is 4.06. The van der Waals surface area contributed by atoms with E-state index in [0.29, 0.717) is 18.5 Å². The number of nitrogen functional groups attached to an aromatic ring is 1. The first-order valence-electron chi connectivity index (χ1n) is 5.53. The molecule has 4 nitrogen and oxygen atoms in total. The van der Waals surface area contributed by atoms with Crippen LogP contribution in [0.2, 0.25) is 0 Å². The molecular formula is C13H16N2O2. The van der Waals surface area contributed by atoms with Crippen LogP contribution in [0.25, 0.3) is 0 Å². The molecule has 0 saturated carbocycles. The number of nitrogens with two attached hydrogens (primary N) is 1. The van der Waals surface area contributed by atoms with Gasteiger partial charge in [-0.25, -0.2) is 0 Å². The summed E-state index contributed by atoms with van der Waals surface area (Å²) < 4.78 is 0. The highest BCUT2D eigenvalue weighted by atomic mass is 16.4. The fourth-order valence-corrected chi connectivity index (χ4v) is 1.85. The number of carbonyl (C=O) groups is 1. The van der Waals surface area contributed by atoms with Crippen LogP contribution in [0.15, 0.2) is 24.3 Å². The third kappa shape index (κ3) is 2.97. The van der Waals surface area contributed by atoms with Crippen LogP contribution in [0.1, 0.15) is 31.7 Å². The first kappa shape index (κ1) is 13.0. The minimum atomic E-state index is -0.881. The lowest BCUT2D eigenvalue weighted by atomic mass is 9.76. The van der Waals surface area contributed by atoms with Crippen LogP contribution >= 0.6 is 0 Å². The lowest BCUT2D eigenvalue weighted by Gasteiger charge is -2.25. The minimum Gasteiger partial charge on any atom is -0.481 e. The van der Waals surface area contributed by atoms with Gasteiger partial charge in [-0.15, -0.1) is 0 Å². The van der Waals surface area contributed by atoms with E-state index in [0.717, 1.165) is 5.56 Å². The van der Waals surface area contributed by atoms with Crippen LogP contribution in [-0.4, -0.2) is 11.1 Å². The largest absolute Gasteiger partial charge is 0.481 e. The molecule has 90 valence electrons. The lowest BCUT2D eigenvalue weighted by Crippen LogP contribution is -2.24. The number of hydrogen-bond acceptors (Lipinski definition) is 3. The van der Waals surface area contributed by atoms with Gasteiger partial charge in [0.25, 0.3) is 0 Å². The summed E-state index contributed by atoms with van der Waals surface area (Å²) in [4.78, 5) is 10.6. The molecular weight excluding hydrogens is 216 g/mol. The average molecular weight is 232 g/mol. The number of carboxylic acids is 1. The van der Waals surface area contributed by atoms with E-state index in [4.69, 9.17) is 10.8 Å². The molecule has 0 amide bonds. The standard InChI is InChI=1S/C13H16N2O2/c1-2-13(9-14,8-7-12(16)17)10-3-5-11(15)6-4-10/h3-6H,2,7-8,15H2,1H3,(H,16,17). The first-order chi connectivity index (χ1) is 8.04. The normalized spacial score (nSPS) is 13.6. The summed E-state index contributed by atoms with van der Waals surface area (Å²) in [5.41, 5.74) is 6.33. The van der Waals surface area contributed by atoms with Crippen LogP contribution in [0.3, 0.4) is 0 Å². The van der Waals surface area contributed by atoms with E-state index in [-0.39, 0.29) is 6.42 Å². The summed E-state index contributed by atoms with van der Waals surface area (Å²) in [5, 5.41) is 18.1. The number of nitriles is 1. The van der Waals surface area contributed by atoms with Crippen molar-refractivity contribution in [2.45, 2.75) is 31.6 Å². The van der Waals surface area contributed by atoms with Crippen molar-refractivity contribution in [2.24, 2.45) is 0 Å². The zero-order valence-electron chi connectivity index (χ0n) is 9.81. The van der Waals surface area contributed by atoms with E-state index >= 15 is 0 Å². The smallest absolute Gasteiger partial charge is 0.303 e. The van der Waals surface area contributed by atoms with Crippen LogP contribution in [0.5, 0.6) is 0 Å². The second kappa shape index (κ2) is 5.35. The predicted molar refractivity (Wildman–Crippen MR) is 65.3 cm³/mol. The van der Waals surface area contributed by atoms with Gasteiger partial charge in [-0.3, -0.25) is 4.79 Å². The molecule has 1 atom stereocenters. The molecule has 0 fully saturated rings. The molecule has 0 aliphatic heterocycles. The van der Waals surface area contributed by atoms with Crippen molar-refractivity contribution in [3.63, 3.8) is 0 Å². The molecule has 1 aromatic rings. The summed E-state index contributed by atoms with van der Waals surface area (Å²) in [7, 11) is 0. The van der Waals surface area contributed by atoms with Gasteiger partial charge in [0.05, 0.1) is 11.5 Å². The lowest BCUT2D eigenvalue weighted by molar-refractivity contribution is -0.137. The molecule has 0 aromatic heterocycles. The highest BCUT2D eigenvalue weighted by Gasteiger charge is 2.30. The Hall–Kier alpha value is -2.02. The predicted octanol–water partition coefficient (Wildman–Crippen LogP) is 2.30. The molecule has 0 heterocycles. The van der Waals surface area contributed by atoms with E-state index in [1.54, 1.807) is 24.3 Å². The third-order valence-electron chi connectivity index (χ3n) is 3.05. The maximum atomic E-state index is 10.6. The maximum Gasteiger partial charge on any atom is 0.303 e. The summed E-state index contributed by atoms with van der Waals surface area (Å²) in [6.45, 7) is 1.89. The molecule has 3 N–H and O–H groups in total. The van der Waals surface area contributed by atoms with Crippen molar-refractivity contribution >= 4 is 11.7 Å². The fraction of sp³-hybridized carbons (Fsp3) is 0.385. The number of nitrogens with zero attached hydrogens (tertiary/aromatic N) is 1. The van der Waals surface area contributed by atoms with E-state index in [2.05, 4.69) is 6.07 Å². The topological polar surface area (TPSA) is 87.1 Å². The van der Waals surface area contributed by atoms with E-state index in [9.17, 15) is 10.1 Å². The molecule has 0 saturated heterocycles. The van der Waals surface area contributed by atoms with Crippen molar-refractivity contribution in [1.82, 2.24) is 0 Å². The Bertz CT molecular complexity index is 434. The molecule has 0 aliphatic carbocycles. The minimum absolute atomic E-state index is 0.00816. The molecule has 1 aromatic carbocycles. The van der Waals surface area contributed by atoms with Gasteiger partial charge in [-0.1, -0.05) is 19.1 Å². The van der Waals surface area contributed by atoms with Crippen LogP contribution in [0.4, 0.5) is 5.69 Å². The van der Waals surface area contributed by atoms with Crippen molar-refractivity contribution in [2.75, 3.05) is 5.73 Å². The number of aliphatic carboxylic acids is 1. The van der Waals surface area contributed by atoms with E-state index < -0.39 is 11.4 Å². The highest BCUT2D eigenvalue weighted by Crippen LogP contribution is 2.32. The van der Waals surface area contributed by atoms with Crippen molar-refractivity contribution in [1.29, 1.82) is 5.26 Å². The van der Waals surface area contributed by atoms with Crippen LogP contribution < -0.4 is 5.73 Å². The molecule has 17 heavy (non-hydrogen) atoms. The third-order valence-corrected chi connectivity index (χ3v) is 3.05. The van der Waals surface area contributed by atoms with Gasteiger partial charge in [0, 0.05) is 12.1 Å². The Morgan fingerprint density at radius 1 is 1.47 bits per heavy atom. The number of carboxylic acid groups (broad SMARTS) is 1. The maximum absolute atomic E-state index is 10.6. The molecule has 0 bridgehead atoms. The SMILES string of the molecule is CCC(C#N)(CCC(=O)O)c1ccc(N)cc1. The molecule has 0 spiro atoms. The second-order valence-corrected chi connectivity index (χ2v) is 4.06. The molecule has 0 aliphatic rings. The van der Waals surface area contributed by atoms with Crippen LogP contribution in [-0.2, 0) is 10.2 Å². The Kier molecular flexibility index (Phi) is 4.11. The van der Waals surface area contributed by atoms with Gasteiger partial charge in [0.1, 0.15) is 0 Å². The van der Waals surface area contributed by atoms with Crippen molar-refractivity contribution in [3.8, 4) is 6.07 Å². The summed E-state index contributed by atoms with van der Waals surface area (Å²) >= 11 is 0. The number of benzene rings is 1. The number of hydrogen-bond donors (Lipinski definition) is 2. The monoisotopic (exact) mass is 232 g/mol. The number of rotatable bonds is 5. The molecule has 4 heteroatoms. The zero-order chi connectivity index (χ0) is 12.9. The Morgan fingerprint density at radius 3 is 2.47 bits per heavy atom. The first-order valence-corrected chi connectivity index (χ1v) is 5.53. The Labute approximate surface area is 101 Å². The zero-order valence-corrected chi connectivity index (χ0v) is 9.81. The van der Waals surface area contributed by atoms with Gasteiger partial charge >= 0.3 is 5.97 Å². The molecule has 1 rings (SSSR count). The Balaban J connectivity index is 3.03. The van der Waals surface area contributed by atoms with Gasteiger partial charge in [-0.05, 0) is 30.5 Å². The summed E-state index contributed by atoms with van der Waals surface area (Å²) in [6.07, 6.45) is 0.895. The van der Waals surface area contributed by atoms with Gasteiger partial charge < -0.3 is 10.8 Å². The Morgan fingerprint density at radius 2 is 2.06 bits per heavy atom. The van der Waals surface area contributed by atoms with E-state index in [1.165, 1.54) is 0 Å². The van der Waals surface area contributed by atoms with Gasteiger partial charge in [-0.2, -0.15) is 5.26 Å². The van der Waals surface area contributed by atoms with Gasteiger partial charge in [0.2, 0.25) is 0 Å². The summed E-state index contributed by atoms with van der Waals surface area (Å²) in [6, 6.07) is 9.31. The molecule has 1 unspecified atom stereocenters. The number of anilines is 1. The van der Waals surface area contributed by atoms with Crippen molar-refractivity contribution < 1.29 is 9.90 Å². The summed E-state index contributed by atoms with van der Waals surface area (Å²) in [5.74, 6) is -0.881. The van der Waals surface area contributed by atoms with Gasteiger partial charge in [0.15, 0.2) is 0 Å². The van der Waals surface area contributed by atoms with Crippen molar-refractivity contribution in [3.05, 3.63) is 29.8 Å². The fourth-order valence-electron chi connectivity index (χ4n) is 1.85.